The van der Waals surface area contributed by atoms with Gasteiger partial charge in [-0.15, -0.1) is 11.3 Å². The molecule has 0 unspecified atom stereocenters. The van der Waals surface area contributed by atoms with Crippen LogP contribution in [0.5, 0.6) is 0 Å². The summed E-state index contributed by atoms with van der Waals surface area (Å²) >= 11 is 1.74. The summed E-state index contributed by atoms with van der Waals surface area (Å²) in [6.07, 6.45) is 2.40. The van der Waals surface area contributed by atoms with Crippen LogP contribution in [0.1, 0.15) is 51.7 Å². The molecule has 270 valence electrons. The maximum atomic E-state index is 5.38. The van der Waals surface area contributed by atoms with E-state index in [1.165, 1.54) is 83.4 Å². The molecule has 4 heteroatoms. The fourth-order valence-corrected chi connectivity index (χ4v) is 10.3. The molecule has 0 fully saturated rings. The second-order valence-electron chi connectivity index (χ2n) is 16.9. The smallest absolute Gasteiger partial charge is 0.161 e. The van der Waals surface area contributed by atoms with Gasteiger partial charge in [0, 0.05) is 43.1 Å². The Morgan fingerprint density at radius 2 is 1.18 bits per heavy atom. The van der Waals surface area contributed by atoms with Crippen molar-refractivity contribution >= 4 is 64.2 Å². The van der Waals surface area contributed by atoms with Crippen molar-refractivity contribution in [3.63, 3.8) is 0 Å². The van der Waals surface area contributed by atoms with E-state index in [1.807, 2.05) is 0 Å². The van der Waals surface area contributed by atoms with Crippen molar-refractivity contribution < 1.29 is 0 Å². The minimum atomic E-state index is 0.131. The van der Waals surface area contributed by atoms with E-state index >= 15 is 0 Å². The Balaban J connectivity index is 1.06. The largest absolute Gasteiger partial charge is 0.309 e. The Hall–Kier alpha value is -6.10. The summed E-state index contributed by atoms with van der Waals surface area (Å²) in [5, 5.41) is 7.31. The third-order valence-corrected chi connectivity index (χ3v) is 13.5. The van der Waals surface area contributed by atoms with Crippen molar-refractivity contribution in [2.24, 2.45) is 0 Å². The van der Waals surface area contributed by atoms with Crippen LogP contribution >= 0.6 is 11.3 Å². The molecule has 56 heavy (non-hydrogen) atoms. The second kappa shape index (κ2) is 12.2. The molecule has 0 atom stereocenters. The van der Waals surface area contributed by atoms with Gasteiger partial charge in [-0.3, -0.25) is 0 Å². The van der Waals surface area contributed by atoms with Crippen LogP contribution in [0.2, 0.25) is 0 Å². The highest BCUT2D eigenvalue weighted by atomic mass is 32.1. The number of rotatable bonds is 4. The van der Waals surface area contributed by atoms with Crippen molar-refractivity contribution in [2.75, 3.05) is 0 Å². The third kappa shape index (κ3) is 5.16. The molecule has 0 aliphatic heterocycles. The fraction of sp³-hybridized carbons (Fsp3) is 0.154. The number of thiophene rings is 1. The lowest BCUT2D eigenvalue weighted by Gasteiger charge is -2.42. The van der Waals surface area contributed by atoms with Crippen LogP contribution in [0.25, 0.3) is 92.3 Å². The first-order chi connectivity index (χ1) is 27.2. The molecule has 0 N–H and O–H groups in total. The van der Waals surface area contributed by atoms with Crippen LogP contribution in [0, 0.1) is 0 Å². The van der Waals surface area contributed by atoms with Gasteiger partial charge in [0.25, 0.3) is 0 Å². The lowest BCUT2D eigenvalue weighted by Crippen LogP contribution is -2.33. The lowest BCUT2D eigenvalue weighted by atomic mass is 9.63. The number of hydrogen-bond acceptors (Lipinski definition) is 3. The van der Waals surface area contributed by atoms with Gasteiger partial charge in [0.1, 0.15) is 4.83 Å². The Labute approximate surface area is 330 Å². The maximum absolute atomic E-state index is 5.38. The molecular formula is C52H41N3S. The molecule has 1 aliphatic carbocycles. The van der Waals surface area contributed by atoms with Crippen LogP contribution in [0.4, 0.5) is 0 Å². The van der Waals surface area contributed by atoms with E-state index < -0.39 is 0 Å². The van der Waals surface area contributed by atoms with Gasteiger partial charge in [-0.05, 0) is 105 Å². The number of nitrogens with zero attached hydrogens (tertiary/aromatic N) is 3. The summed E-state index contributed by atoms with van der Waals surface area (Å²) in [5.41, 5.74) is 12.4. The summed E-state index contributed by atoms with van der Waals surface area (Å²) in [7, 11) is 0. The second-order valence-corrected chi connectivity index (χ2v) is 17.9. The standard InChI is InChI=1S/C52H41N3S/c1-51(2)25-26-52(3,4)43-31-45-41(30-42(43)51)39-17-8-10-19-44(39)55(45)38-24-23-34-28-37(22-21-35(34)29-38)49-53-48(47-40-18-9-11-20-46(40)56-50(47)54-49)36-16-12-15-33(27-36)32-13-6-5-7-14-32/h5-24,27-31H,25-26H2,1-4H3. The third-order valence-electron chi connectivity index (χ3n) is 12.5. The normalized spacial score (nSPS) is 14.9. The zero-order valence-electron chi connectivity index (χ0n) is 32.1. The number of benzene rings is 7. The SMILES string of the molecule is CC1(C)CCC(C)(C)c2cc3c(cc21)c1ccccc1n3-c1ccc2cc(-c3nc(-c4cccc(-c5ccccc5)c4)c4c(n3)sc3ccccc34)ccc2c1. The average molecular weight is 740 g/mol. The minimum Gasteiger partial charge on any atom is -0.309 e. The van der Waals surface area contributed by atoms with E-state index in [-0.39, 0.29) is 10.8 Å². The predicted molar refractivity (Wildman–Crippen MR) is 238 cm³/mol. The molecule has 1 aliphatic rings. The van der Waals surface area contributed by atoms with Gasteiger partial charge in [0.05, 0.1) is 16.7 Å². The van der Waals surface area contributed by atoms with Gasteiger partial charge in [0.2, 0.25) is 0 Å². The van der Waals surface area contributed by atoms with E-state index in [4.69, 9.17) is 9.97 Å². The van der Waals surface area contributed by atoms with Crippen LogP contribution < -0.4 is 0 Å². The first-order valence-corrected chi connectivity index (χ1v) is 20.5. The summed E-state index contributed by atoms with van der Waals surface area (Å²) in [5.74, 6) is 0.743. The van der Waals surface area contributed by atoms with E-state index in [1.54, 1.807) is 11.3 Å². The lowest BCUT2D eigenvalue weighted by molar-refractivity contribution is 0.332. The fourth-order valence-electron chi connectivity index (χ4n) is 9.26. The Morgan fingerprint density at radius 1 is 0.500 bits per heavy atom. The van der Waals surface area contributed by atoms with E-state index in [0.717, 1.165) is 32.9 Å². The number of aromatic nitrogens is 3. The summed E-state index contributed by atoms with van der Waals surface area (Å²) < 4.78 is 3.70. The first-order valence-electron chi connectivity index (χ1n) is 19.7. The highest BCUT2D eigenvalue weighted by molar-refractivity contribution is 7.25. The van der Waals surface area contributed by atoms with Crippen molar-refractivity contribution in [2.45, 2.75) is 51.4 Å². The molecule has 11 rings (SSSR count). The Kier molecular flexibility index (Phi) is 7.24. The zero-order valence-corrected chi connectivity index (χ0v) is 32.9. The molecule has 0 spiro atoms. The molecule has 0 saturated carbocycles. The molecule has 10 aromatic rings. The Morgan fingerprint density at radius 3 is 2.02 bits per heavy atom. The monoisotopic (exact) mass is 739 g/mol. The van der Waals surface area contributed by atoms with Crippen LogP contribution in [0.15, 0.2) is 152 Å². The van der Waals surface area contributed by atoms with Crippen molar-refractivity contribution in [1.82, 2.24) is 14.5 Å². The summed E-state index contributed by atoms with van der Waals surface area (Å²) in [4.78, 5) is 11.6. The highest BCUT2D eigenvalue weighted by Crippen LogP contribution is 2.49. The zero-order chi connectivity index (χ0) is 37.8. The van der Waals surface area contributed by atoms with Crippen LogP contribution in [-0.4, -0.2) is 14.5 Å². The molecule has 3 heterocycles. The molecule has 3 nitrogen and oxygen atoms in total. The summed E-state index contributed by atoms with van der Waals surface area (Å²) in [6, 6.07) is 55.4. The topological polar surface area (TPSA) is 30.7 Å². The molecule has 0 amide bonds. The van der Waals surface area contributed by atoms with Crippen molar-refractivity contribution in [3.05, 3.63) is 163 Å². The molecular weight excluding hydrogens is 699 g/mol. The number of hydrogen-bond donors (Lipinski definition) is 0. The quantitative estimate of drug-likeness (QED) is 0.180. The highest BCUT2D eigenvalue weighted by Gasteiger charge is 2.38. The molecule has 0 radical (unpaired) electrons. The average Bonchev–Trinajstić information content (AvgIpc) is 3.77. The predicted octanol–water partition coefficient (Wildman–Crippen LogP) is 14.4. The summed E-state index contributed by atoms with van der Waals surface area (Å²) in [6.45, 7) is 9.67. The molecule has 0 bridgehead atoms. The van der Waals surface area contributed by atoms with Crippen molar-refractivity contribution in [1.29, 1.82) is 0 Å². The maximum Gasteiger partial charge on any atom is 0.161 e. The number of para-hydroxylation sites is 1. The van der Waals surface area contributed by atoms with Gasteiger partial charge in [-0.25, -0.2) is 9.97 Å². The van der Waals surface area contributed by atoms with Crippen LogP contribution in [-0.2, 0) is 10.8 Å². The van der Waals surface area contributed by atoms with Gasteiger partial charge < -0.3 is 4.57 Å². The molecule has 7 aromatic carbocycles. The molecule has 0 saturated heterocycles. The van der Waals surface area contributed by atoms with Gasteiger partial charge >= 0.3 is 0 Å². The van der Waals surface area contributed by atoms with Gasteiger partial charge in [-0.1, -0.05) is 131 Å². The first kappa shape index (κ1) is 33.3. The van der Waals surface area contributed by atoms with Crippen molar-refractivity contribution in [3.8, 4) is 39.5 Å². The van der Waals surface area contributed by atoms with Crippen LogP contribution in [0.3, 0.4) is 0 Å². The molecule has 3 aromatic heterocycles. The van der Waals surface area contributed by atoms with E-state index in [9.17, 15) is 0 Å². The minimum absolute atomic E-state index is 0.131. The van der Waals surface area contributed by atoms with E-state index in [0.29, 0.717) is 0 Å². The van der Waals surface area contributed by atoms with Gasteiger partial charge in [-0.2, -0.15) is 0 Å². The number of fused-ring (bicyclic) bond motifs is 8. The van der Waals surface area contributed by atoms with Gasteiger partial charge in [0.15, 0.2) is 5.82 Å². The van der Waals surface area contributed by atoms with E-state index in [2.05, 4.69) is 184 Å². The Bertz CT molecular complexity index is 3200.